The van der Waals surface area contributed by atoms with E-state index in [1.54, 1.807) is 6.92 Å². The number of benzene rings is 1. The maximum Gasteiger partial charge on any atom is 0.0966 e. The predicted octanol–water partition coefficient (Wildman–Crippen LogP) is 7.24. The zero-order valence-electron chi connectivity index (χ0n) is 18.3. The minimum absolute atomic E-state index is 0.0903. The Morgan fingerprint density at radius 2 is 1.52 bits per heavy atom. The van der Waals surface area contributed by atoms with Crippen LogP contribution in [0.1, 0.15) is 72.1 Å². The number of aliphatic hydroxyl groups is 1. The summed E-state index contributed by atoms with van der Waals surface area (Å²) < 4.78 is 14.1. The van der Waals surface area contributed by atoms with E-state index >= 15 is 0 Å². The molecule has 0 aliphatic heterocycles. The molecule has 0 radical (unpaired) electrons. The third kappa shape index (κ3) is 3.63. The van der Waals surface area contributed by atoms with Gasteiger partial charge in [-0.15, -0.1) is 0 Å². The lowest BCUT2D eigenvalue weighted by Crippen LogP contribution is -2.49. The Hall–Kier alpha value is -1.41. The number of aliphatic hydroxyl groups excluding tert-OH is 1. The van der Waals surface area contributed by atoms with Gasteiger partial charge in [-0.1, -0.05) is 61.9 Å². The zero-order chi connectivity index (χ0) is 20.6. The fraction of sp³-hybridized carbons (Fsp3) is 0.630. The molecule has 0 spiro atoms. The number of halogens is 1. The van der Waals surface area contributed by atoms with Gasteiger partial charge in [0.25, 0.3) is 0 Å². The Kier molecular flexibility index (Phi) is 5.77. The smallest absolute Gasteiger partial charge is 0.0966 e. The van der Waals surface area contributed by atoms with Crippen molar-refractivity contribution in [3.8, 4) is 0 Å². The summed E-state index contributed by atoms with van der Waals surface area (Å²) in [6, 6.07) is 12.0. The van der Waals surface area contributed by atoms with Gasteiger partial charge < -0.3 is 5.11 Å². The largest absolute Gasteiger partial charge is 0.393 e. The van der Waals surface area contributed by atoms with E-state index in [1.165, 1.54) is 18.4 Å². The normalized spacial score (nSPS) is 42.4. The van der Waals surface area contributed by atoms with Crippen LogP contribution >= 0.6 is 0 Å². The summed E-state index contributed by atoms with van der Waals surface area (Å²) in [5.41, 5.74) is 3.05. The molecule has 3 saturated carbocycles. The van der Waals surface area contributed by atoms with Gasteiger partial charge in [0, 0.05) is 0 Å². The van der Waals surface area contributed by atoms with Crippen LogP contribution in [0.5, 0.6) is 0 Å². The van der Waals surface area contributed by atoms with Crippen molar-refractivity contribution in [3.63, 3.8) is 0 Å². The minimum atomic E-state index is -0.130. The van der Waals surface area contributed by atoms with Crippen LogP contribution < -0.4 is 0 Å². The van der Waals surface area contributed by atoms with E-state index in [9.17, 15) is 9.50 Å². The molecule has 0 bridgehead atoms. The van der Waals surface area contributed by atoms with E-state index in [2.05, 4.69) is 19.9 Å². The first-order valence-electron chi connectivity index (χ1n) is 11.6. The topological polar surface area (TPSA) is 20.2 Å². The van der Waals surface area contributed by atoms with Crippen LogP contribution in [0.3, 0.4) is 0 Å². The third-order valence-corrected chi connectivity index (χ3v) is 8.94. The highest BCUT2D eigenvalue weighted by Crippen LogP contribution is 2.66. The van der Waals surface area contributed by atoms with Crippen molar-refractivity contribution in [1.82, 2.24) is 0 Å². The molecule has 0 aromatic heterocycles. The average Bonchev–Trinajstić information content (AvgIpc) is 3.08. The number of hydrogen-bond acceptors (Lipinski definition) is 1. The Labute approximate surface area is 176 Å². The summed E-state index contributed by atoms with van der Waals surface area (Å²) >= 11 is 0. The Balaban J connectivity index is 0.000000294. The standard InChI is InChI=1S/C21H31FO.C6H6/c1-13(22)17-6-7-18-16-5-4-14-12-15(23)8-10-20(14,2)19(16)9-11-21(17,18)3;1-2-4-6-5-3-1/h4,15-16,18-19,23H,5-12H2,1-3H3;1-6H/t15-,16?,18?,19?,20-,21+;/m0./s1. The number of allylic oxidation sites excluding steroid dienone is 3. The Bertz CT molecular complexity index is 750. The van der Waals surface area contributed by atoms with Crippen LogP contribution in [-0.2, 0) is 0 Å². The second kappa shape index (κ2) is 8.02. The van der Waals surface area contributed by atoms with Crippen LogP contribution in [0.15, 0.2) is 59.4 Å². The molecule has 0 amide bonds. The summed E-state index contributed by atoms with van der Waals surface area (Å²) in [5.74, 6) is 2.21. The van der Waals surface area contributed by atoms with Crippen LogP contribution in [0, 0.1) is 28.6 Å². The maximum absolute atomic E-state index is 14.1. The first-order chi connectivity index (χ1) is 13.9. The van der Waals surface area contributed by atoms with Crippen LogP contribution in [0.25, 0.3) is 0 Å². The predicted molar refractivity (Wildman–Crippen MR) is 118 cm³/mol. The zero-order valence-corrected chi connectivity index (χ0v) is 18.3. The van der Waals surface area contributed by atoms with Gasteiger partial charge in [-0.05, 0) is 92.4 Å². The van der Waals surface area contributed by atoms with E-state index in [1.807, 2.05) is 36.4 Å². The third-order valence-electron chi connectivity index (χ3n) is 8.94. The molecule has 4 aliphatic carbocycles. The maximum atomic E-state index is 14.1. The lowest BCUT2D eigenvalue weighted by molar-refractivity contribution is -0.0272. The van der Waals surface area contributed by atoms with Crippen LogP contribution in [0.4, 0.5) is 4.39 Å². The molecule has 1 nitrogen and oxygen atoms in total. The van der Waals surface area contributed by atoms with E-state index in [-0.39, 0.29) is 17.3 Å². The molecule has 6 atom stereocenters. The molecule has 3 unspecified atom stereocenters. The number of hydrogen-bond donors (Lipinski definition) is 1. The summed E-state index contributed by atoms with van der Waals surface area (Å²) in [7, 11) is 0. The first-order valence-corrected chi connectivity index (χ1v) is 11.6. The van der Waals surface area contributed by atoms with Gasteiger partial charge in [0.15, 0.2) is 0 Å². The lowest BCUT2D eigenvalue weighted by Gasteiger charge is -2.57. The SMILES string of the molecule is CC(F)=C1CCC2C3CC=C4C[C@@H](O)CC[C@]4(C)C3CC[C@]12C.c1ccccc1. The fourth-order valence-corrected chi connectivity index (χ4v) is 7.41. The van der Waals surface area contributed by atoms with Gasteiger partial charge in [0.05, 0.1) is 11.9 Å². The molecule has 3 fully saturated rings. The van der Waals surface area contributed by atoms with E-state index in [4.69, 9.17) is 0 Å². The summed E-state index contributed by atoms with van der Waals surface area (Å²) in [6.45, 7) is 6.46. The number of rotatable bonds is 0. The van der Waals surface area contributed by atoms with Crippen LogP contribution in [-0.4, -0.2) is 11.2 Å². The molecule has 5 rings (SSSR count). The molecular weight excluding hydrogens is 359 g/mol. The quantitative estimate of drug-likeness (QED) is 0.458. The van der Waals surface area contributed by atoms with Crippen molar-refractivity contribution in [2.45, 2.75) is 78.2 Å². The van der Waals surface area contributed by atoms with Crippen LogP contribution in [0.2, 0.25) is 0 Å². The van der Waals surface area contributed by atoms with E-state index in [0.717, 1.165) is 55.9 Å². The molecule has 4 aliphatic rings. The molecule has 0 heterocycles. The highest BCUT2D eigenvalue weighted by molar-refractivity contribution is 5.30. The van der Waals surface area contributed by atoms with Gasteiger partial charge in [0.2, 0.25) is 0 Å². The molecule has 1 aromatic carbocycles. The first kappa shape index (κ1) is 20.8. The van der Waals surface area contributed by atoms with Gasteiger partial charge in [-0.2, -0.15) is 0 Å². The average molecular weight is 397 g/mol. The van der Waals surface area contributed by atoms with E-state index in [0.29, 0.717) is 11.3 Å². The van der Waals surface area contributed by atoms with Crippen molar-refractivity contribution >= 4 is 0 Å². The summed E-state index contributed by atoms with van der Waals surface area (Å²) in [4.78, 5) is 0. The minimum Gasteiger partial charge on any atom is -0.393 e. The second-order valence-electron chi connectivity index (χ2n) is 10.3. The molecule has 158 valence electrons. The Morgan fingerprint density at radius 3 is 2.14 bits per heavy atom. The highest BCUT2D eigenvalue weighted by atomic mass is 19.1. The molecule has 1 aromatic rings. The van der Waals surface area contributed by atoms with E-state index < -0.39 is 0 Å². The Morgan fingerprint density at radius 1 is 0.931 bits per heavy atom. The highest BCUT2D eigenvalue weighted by Gasteiger charge is 2.57. The number of fused-ring (bicyclic) bond motifs is 5. The van der Waals surface area contributed by atoms with Crippen molar-refractivity contribution < 1.29 is 9.50 Å². The fourth-order valence-electron chi connectivity index (χ4n) is 7.41. The second-order valence-corrected chi connectivity index (χ2v) is 10.3. The lowest BCUT2D eigenvalue weighted by atomic mass is 9.48. The van der Waals surface area contributed by atoms with Gasteiger partial charge in [-0.3, -0.25) is 0 Å². The van der Waals surface area contributed by atoms with Gasteiger partial charge in [0.1, 0.15) is 0 Å². The molecule has 1 N–H and O–H groups in total. The van der Waals surface area contributed by atoms with Crippen molar-refractivity contribution in [2.24, 2.45) is 28.6 Å². The monoisotopic (exact) mass is 396 g/mol. The molecule has 0 saturated heterocycles. The molecule has 29 heavy (non-hydrogen) atoms. The van der Waals surface area contributed by atoms with Gasteiger partial charge >= 0.3 is 0 Å². The van der Waals surface area contributed by atoms with Crippen molar-refractivity contribution in [1.29, 1.82) is 0 Å². The van der Waals surface area contributed by atoms with Gasteiger partial charge in [-0.25, -0.2) is 4.39 Å². The molecule has 2 heteroatoms. The molecular formula is C27H37FO. The summed E-state index contributed by atoms with van der Waals surface area (Å²) in [6.07, 6.45) is 11.0. The van der Waals surface area contributed by atoms with Crippen molar-refractivity contribution in [3.05, 3.63) is 59.4 Å². The summed E-state index contributed by atoms with van der Waals surface area (Å²) in [5, 5.41) is 10.1. The van der Waals surface area contributed by atoms with Crippen molar-refractivity contribution in [2.75, 3.05) is 0 Å².